The smallest absolute Gasteiger partial charge is 0.145 e. The molecule has 0 radical (unpaired) electrons. The van der Waals surface area contributed by atoms with Crippen LogP contribution in [0.4, 0.5) is 8.78 Å². The predicted octanol–water partition coefficient (Wildman–Crippen LogP) is 2.37. The maximum Gasteiger partial charge on any atom is 0.145 e. The van der Waals surface area contributed by atoms with E-state index >= 15 is 0 Å². The molecular formula is C13H19F2NO. The van der Waals surface area contributed by atoms with Crippen molar-refractivity contribution < 1.29 is 13.9 Å². The van der Waals surface area contributed by atoms with Crippen molar-refractivity contribution in [1.82, 2.24) is 5.32 Å². The number of rotatable bonds is 5. The molecule has 2 nitrogen and oxygen atoms in total. The highest BCUT2D eigenvalue weighted by molar-refractivity contribution is 5.23. The average molecular weight is 243 g/mol. The molecule has 17 heavy (non-hydrogen) atoms. The summed E-state index contributed by atoms with van der Waals surface area (Å²) in [6, 6.07) is 5.38. The fourth-order valence-electron chi connectivity index (χ4n) is 1.51. The van der Waals surface area contributed by atoms with Crippen molar-refractivity contribution in [3.63, 3.8) is 0 Å². The molecule has 1 aromatic carbocycles. The number of hydrogen-bond acceptors (Lipinski definition) is 2. The summed E-state index contributed by atoms with van der Waals surface area (Å²) in [6.07, 6.45) is -1.45. The lowest BCUT2D eigenvalue weighted by atomic mass is 9.91. The van der Waals surface area contributed by atoms with Crippen LogP contribution in [0.1, 0.15) is 26.3 Å². The lowest BCUT2D eigenvalue weighted by molar-refractivity contribution is -0.0242. The Morgan fingerprint density at radius 2 is 1.82 bits per heavy atom. The molecule has 0 bridgehead atoms. The van der Waals surface area contributed by atoms with Crippen molar-refractivity contribution >= 4 is 0 Å². The maximum absolute atomic E-state index is 13.9. The summed E-state index contributed by atoms with van der Waals surface area (Å²) in [5, 5.41) is 13.0. The molecule has 1 aromatic rings. The second-order valence-corrected chi connectivity index (χ2v) is 4.68. The molecule has 0 aromatic heterocycles. The molecule has 2 atom stereocenters. The Morgan fingerprint density at radius 3 is 2.29 bits per heavy atom. The topological polar surface area (TPSA) is 32.3 Å². The molecule has 0 aliphatic carbocycles. The summed E-state index contributed by atoms with van der Waals surface area (Å²) in [5.41, 5.74) is -1.24. The monoisotopic (exact) mass is 243 g/mol. The highest BCUT2D eigenvalue weighted by Gasteiger charge is 2.33. The van der Waals surface area contributed by atoms with Crippen LogP contribution < -0.4 is 5.32 Å². The minimum absolute atomic E-state index is 0.0576. The van der Waals surface area contributed by atoms with Crippen LogP contribution in [-0.4, -0.2) is 23.9 Å². The Hall–Kier alpha value is -1.00. The Kier molecular flexibility index (Phi) is 4.60. The normalized spacial score (nSPS) is 16.9. The Balaban J connectivity index is 2.75. The third-order valence-electron chi connectivity index (χ3n) is 2.74. The van der Waals surface area contributed by atoms with Crippen molar-refractivity contribution in [2.75, 3.05) is 6.54 Å². The zero-order valence-electron chi connectivity index (χ0n) is 10.4. The van der Waals surface area contributed by atoms with Gasteiger partial charge in [-0.25, -0.2) is 8.78 Å². The van der Waals surface area contributed by atoms with E-state index in [4.69, 9.17) is 0 Å². The van der Waals surface area contributed by atoms with Crippen LogP contribution in [0.15, 0.2) is 24.3 Å². The van der Waals surface area contributed by atoms with E-state index in [1.54, 1.807) is 0 Å². The maximum atomic E-state index is 13.9. The zero-order chi connectivity index (χ0) is 13.1. The van der Waals surface area contributed by atoms with E-state index in [1.807, 2.05) is 13.8 Å². The highest BCUT2D eigenvalue weighted by Crippen LogP contribution is 2.26. The number of nitrogens with one attached hydrogen (secondary N) is 1. The zero-order valence-corrected chi connectivity index (χ0v) is 10.4. The Bertz CT molecular complexity index is 349. The lowest BCUT2D eigenvalue weighted by Gasteiger charge is -2.28. The predicted molar refractivity (Wildman–Crippen MR) is 64.0 cm³/mol. The van der Waals surface area contributed by atoms with Crippen LogP contribution in [-0.2, 0) is 5.60 Å². The van der Waals surface area contributed by atoms with E-state index in [1.165, 1.54) is 31.2 Å². The van der Waals surface area contributed by atoms with Gasteiger partial charge in [-0.15, -0.1) is 0 Å². The van der Waals surface area contributed by atoms with Crippen molar-refractivity contribution in [3.8, 4) is 0 Å². The third-order valence-corrected chi connectivity index (χ3v) is 2.74. The molecule has 96 valence electrons. The van der Waals surface area contributed by atoms with Gasteiger partial charge in [-0.05, 0) is 24.6 Å². The van der Waals surface area contributed by atoms with Crippen LogP contribution in [0, 0.1) is 5.82 Å². The van der Waals surface area contributed by atoms with E-state index in [9.17, 15) is 13.9 Å². The first-order chi connectivity index (χ1) is 7.84. The van der Waals surface area contributed by atoms with Gasteiger partial charge in [0.2, 0.25) is 0 Å². The van der Waals surface area contributed by atoms with Gasteiger partial charge in [-0.3, -0.25) is 0 Å². The largest absolute Gasteiger partial charge is 0.382 e. The summed E-state index contributed by atoms with van der Waals surface area (Å²) < 4.78 is 26.7. The fourth-order valence-corrected chi connectivity index (χ4v) is 1.51. The Labute approximate surface area is 101 Å². The highest BCUT2D eigenvalue weighted by atomic mass is 19.1. The molecule has 0 saturated heterocycles. The number of alkyl halides is 1. The standard InChI is InChI=1S/C13H19F2NO/c1-9(2)16-8-12(15)13(3,17)10-4-6-11(14)7-5-10/h4-7,9,12,16-17H,8H2,1-3H3/t12-,13-/m0/s1. The van der Waals surface area contributed by atoms with Gasteiger partial charge in [0.15, 0.2) is 0 Å². The Morgan fingerprint density at radius 1 is 1.29 bits per heavy atom. The molecule has 0 aliphatic heterocycles. The van der Waals surface area contributed by atoms with Crippen LogP contribution in [0.5, 0.6) is 0 Å². The number of halogens is 2. The number of benzene rings is 1. The molecular weight excluding hydrogens is 224 g/mol. The summed E-state index contributed by atoms with van der Waals surface area (Å²) in [6.45, 7) is 5.26. The molecule has 1 rings (SSSR count). The van der Waals surface area contributed by atoms with Gasteiger partial charge in [0, 0.05) is 12.6 Å². The number of aliphatic hydroxyl groups is 1. The van der Waals surface area contributed by atoms with Crippen molar-refractivity contribution in [2.24, 2.45) is 0 Å². The van der Waals surface area contributed by atoms with E-state index in [0.29, 0.717) is 5.56 Å². The van der Waals surface area contributed by atoms with Gasteiger partial charge in [-0.1, -0.05) is 26.0 Å². The van der Waals surface area contributed by atoms with Gasteiger partial charge in [-0.2, -0.15) is 0 Å². The van der Waals surface area contributed by atoms with E-state index in [-0.39, 0.29) is 12.6 Å². The average Bonchev–Trinajstić information content (AvgIpc) is 2.26. The number of hydrogen-bond donors (Lipinski definition) is 2. The second-order valence-electron chi connectivity index (χ2n) is 4.68. The molecule has 0 spiro atoms. The van der Waals surface area contributed by atoms with Crippen molar-refractivity contribution in [3.05, 3.63) is 35.6 Å². The SMILES string of the molecule is CC(C)NC[C@H](F)[C@@](C)(O)c1ccc(F)cc1. The van der Waals surface area contributed by atoms with Crippen LogP contribution >= 0.6 is 0 Å². The minimum atomic E-state index is -1.62. The van der Waals surface area contributed by atoms with Gasteiger partial charge in [0.25, 0.3) is 0 Å². The van der Waals surface area contributed by atoms with Gasteiger partial charge in [0.1, 0.15) is 17.6 Å². The molecule has 0 heterocycles. The molecule has 4 heteroatoms. The first-order valence-electron chi connectivity index (χ1n) is 5.70. The van der Waals surface area contributed by atoms with E-state index in [0.717, 1.165) is 0 Å². The lowest BCUT2D eigenvalue weighted by Crippen LogP contribution is -2.42. The van der Waals surface area contributed by atoms with Crippen molar-refractivity contribution in [2.45, 2.75) is 38.6 Å². The van der Waals surface area contributed by atoms with E-state index < -0.39 is 17.6 Å². The molecule has 0 saturated carbocycles. The fraction of sp³-hybridized carbons (Fsp3) is 0.538. The summed E-state index contributed by atoms with van der Waals surface area (Å²) in [4.78, 5) is 0. The quantitative estimate of drug-likeness (QED) is 0.832. The second kappa shape index (κ2) is 5.56. The van der Waals surface area contributed by atoms with Gasteiger partial charge >= 0.3 is 0 Å². The summed E-state index contributed by atoms with van der Waals surface area (Å²) in [7, 11) is 0. The molecule has 0 unspecified atom stereocenters. The molecule has 0 fully saturated rings. The molecule has 0 amide bonds. The molecule has 2 N–H and O–H groups in total. The molecule has 0 aliphatic rings. The first-order valence-corrected chi connectivity index (χ1v) is 5.70. The first kappa shape index (κ1) is 14.1. The van der Waals surface area contributed by atoms with Crippen LogP contribution in [0.25, 0.3) is 0 Å². The van der Waals surface area contributed by atoms with Gasteiger partial charge in [0.05, 0.1) is 0 Å². The van der Waals surface area contributed by atoms with Crippen molar-refractivity contribution in [1.29, 1.82) is 0 Å². The minimum Gasteiger partial charge on any atom is -0.382 e. The van der Waals surface area contributed by atoms with Gasteiger partial charge < -0.3 is 10.4 Å². The summed E-state index contributed by atoms with van der Waals surface area (Å²) in [5.74, 6) is -0.403. The summed E-state index contributed by atoms with van der Waals surface area (Å²) >= 11 is 0. The van der Waals surface area contributed by atoms with Crippen LogP contribution in [0.2, 0.25) is 0 Å². The van der Waals surface area contributed by atoms with Crippen LogP contribution in [0.3, 0.4) is 0 Å². The third kappa shape index (κ3) is 3.75. The van der Waals surface area contributed by atoms with E-state index in [2.05, 4.69) is 5.32 Å².